The predicted molar refractivity (Wildman–Crippen MR) is 93.5 cm³/mol. The van der Waals surface area contributed by atoms with Crippen molar-refractivity contribution >= 4 is 17.5 Å². The topological polar surface area (TPSA) is 40.6 Å². The second-order valence-electron chi connectivity index (χ2n) is 7.44. The number of piperidine rings is 1. The van der Waals surface area contributed by atoms with Crippen LogP contribution in [-0.2, 0) is 15.0 Å². The van der Waals surface area contributed by atoms with E-state index in [-0.39, 0.29) is 23.1 Å². The molecule has 2 amide bonds. The number of amides is 2. The lowest BCUT2D eigenvalue weighted by atomic mass is 9.85. The zero-order valence-electron chi connectivity index (χ0n) is 14.9. The Bertz CT molecular complexity index is 581. The summed E-state index contributed by atoms with van der Waals surface area (Å²) in [5.41, 5.74) is 2.15. The van der Waals surface area contributed by atoms with Gasteiger partial charge in [0.05, 0.1) is 0 Å². The molecule has 0 spiro atoms. The van der Waals surface area contributed by atoms with Gasteiger partial charge in [-0.1, -0.05) is 39.0 Å². The van der Waals surface area contributed by atoms with Crippen LogP contribution in [0.25, 0.3) is 0 Å². The molecule has 23 heavy (non-hydrogen) atoms. The van der Waals surface area contributed by atoms with Crippen LogP contribution in [0.5, 0.6) is 0 Å². The van der Waals surface area contributed by atoms with E-state index in [1.54, 1.807) is 11.8 Å². The molecular formula is C19H28N2O2. The number of rotatable bonds is 2. The Kier molecular flexibility index (Phi) is 5.12. The minimum absolute atomic E-state index is 0.00336. The summed E-state index contributed by atoms with van der Waals surface area (Å²) in [6.45, 7) is 9.44. The maximum atomic E-state index is 12.9. The van der Waals surface area contributed by atoms with E-state index in [2.05, 4.69) is 26.8 Å². The van der Waals surface area contributed by atoms with Crippen molar-refractivity contribution in [2.45, 2.75) is 46.0 Å². The van der Waals surface area contributed by atoms with Crippen LogP contribution < -0.4 is 4.90 Å². The summed E-state index contributed by atoms with van der Waals surface area (Å²) in [7, 11) is 1.87. The van der Waals surface area contributed by atoms with Crippen LogP contribution in [-0.4, -0.2) is 36.9 Å². The number of anilines is 1. The molecule has 0 radical (unpaired) electrons. The zero-order valence-corrected chi connectivity index (χ0v) is 14.9. The van der Waals surface area contributed by atoms with Gasteiger partial charge in [-0.25, -0.2) is 0 Å². The van der Waals surface area contributed by atoms with E-state index in [9.17, 15) is 9.59 Å². The number of para-hydroxylation sites is 1. The monoisotopic (exact) mass is 316 g/mol. The van der Waals surface area contributed by atoms with E-state index in [0.29, 0.717) is 13.1 Å². The van der Waals surface area contributed by atoms with Crippen LogP contribution in [0.2, 0.25) is 0 Å². The molecule has 0 N–H and O–H groups in total. The van der Waals surface area contributed by atoms with Gasteiger partial charge >= 0.3 is 0 Å². The zero-order chi connectivity index (χ0) is 17.2. The van der Waals surface area contributed by atoms with Crippen molar-refractivity contribution < 1.29 is 9.59 Å². The van der Waals surface area contributed by atoms with Crippen molar-refractivity contribution in [2.24, 2.45) is 5.92 Å². The molecule has 0 atom stereocenters. The van der Waals surface area contributed by atoms with Crippen LogP contribution >= 0.6 is 0 Å². The number of nitrogens with zero attached hydrogens (tertiary/aromatic N) is 2. The molecule has 0 unspecified atom stereocenters. The van der Waals surface area contributed by atoms with Crippen molar-refractivity contribution in [1.82, 2.24) is 4.90 Å². The molecule has 0 saturated carbocycles. The lowest BCUT2D eigenvalue weighted by Crippen LogP contribution is -2.43. The maximum Gasteiger partial charge on any atom is 0.229 e. The third kappa shape index (κ3) is 3.92. The first kappa shape index (κ1) is 17.5. The highest BCUT2D eigenvalue weighted by molar-refractivity contribution is 5.95. The van der Waals surface area contributed by atoms with E-state index >= 15 is 0 Å². The summed E-state index contributed by atoms with van der Waals surface area (Å²) in [5.74, 6) is 0.260. The van der Waals surface area contributed by atoms with Gasteiger partial charge in [-0.3, -0.25) is 9.59 Å². The third-order valence-corrected chi connectivity index (χ3v) is 4.69. The van der Waals surface area contributed by atoms with Gasteiger partial charge < -0.3 is 9.80 Å². The number of carbonyl (C=O) groups excluding carboxylic acids is 2. The van der Waals surface area contributed by atoms with Crippen molar-refractivity contribution in [3.8, 4) is 0 Å². The smallest absolute Gasteiger partial charge is 0.229 e. The van der Waals surface area contributed by atoms with Gasteiger partial charge in [0.15, 0.2) is 0 Å². The van der Waals surface area contributed by atoms with Crippen LogP contribution in [0.4, 0.5) is 5.69 Å². The maximum absolute atomic E-state index is 12.9. The molecule has 1 fully saturated rings. The van der Waals surface area contributed by atoms with Crippen molar-refractivity contribution in [3.05, 3.63) is 29.8 Å². The second-order valence-corrected chi connectivity index (χ2v) is 7.44. The van der Waals surface area contributed by atoms with Gasteiger partial charge in [0, 0.05) is 38.7 Å². The van der Waals surface area contributed by atoms with Crippen molar-refractivity contribution in [2.75, 3.05) is 25.0 Å². The van der Waals surface area contributed by atoms with E-state index in [0.717, 1.165) is 18.5 Å². The van der Waals surface area contributed by atoms with Gasteiger partial charge in [0.25, 0.3) is 0 Å². The average molecular weight is 316 g/mol. The van der Waals surface area contributed by atoms with E-state index in [1.165, 1.54) is 5.56 Å². The Hall–Kier alpha value is -1.84. The molecule has 1 aliphatic rings. The highest BCUT2D eigenvalue weighted by Gasteiger charge is 2.30. The summed E-state index contributed by atoms with van der Waals surface area (Å²) in [4.78, 5) is 27.9. The Morgan fingerprint density at radius 1 is 1.13 bits per heavy atom. The molecule has 126 valence electrons. The summed E-state index contributed by atoms with van der Waals surface area (Å²) in [6.07, 6.45) is 1.50. The van der Waals surface area contributed by atoms with Gasteiger partial charge in [0.1, 0.15) is 0 Å². The highest BCUT2D eigenvalue weighted by Crippen LogP contribution is 2.32. The van der Waals surface area contributed by atoms with Crippen molar-refractivity contribution in [3.63, 3.8) is 0 Å². The van der Waals surface area contributed by atoms with E-state index < -0.39 is 0 Å². The fourth-order valence-corrected chi connectivity index (χ4v) is 3.23. The summed E-state index contributed by atoms with van der Waals surface area (Å²) >= 11 is 0. The molecule has 1 aliphatic heterocycles. The highest BCUT2D eigenvalue weighted by atomic mass is 16.2. The number of hydrogen-bond donors (Lipinski definition) is 0. The van der Waals surface area contributed by atoms with Gasteiger partial charge in [-0.2, -0.15) is 0 Å². The van der Waals surface area contributed by atoms with E-state index in [1.807, 2.05) is 30.1 Å². The minimum Gasteiger partial charge on any atom is -0.343 e. The van der Waals surface area contributed by atoms with Crippen LogP contribution in [0.1, 0.15) is 46.1 Å². The molecule has 1 heterocycles. The van der Waals surface area contributed by atoms with Crippen molar-refractivity contribution in [1.29, 1.82) is 0 Å². The normalized spacial score (nSPS) is 16.3. The molecule has 4 heteroatoms. The SMILES string of the molecule is CC(=O)N1CCC(C(=O)N(C)c2ccccc2C(C)(C)C)CC1. The number of hydrogen-bond acceptors (Lipinski definition) is 2. The molecule has 0 aromatic heterocycles. The standard InChI is InChI=1S/C19H28N2O2/c1-14(22)21-12-10-15(11-13-21)18(23)20(5)17-9-7-6-8-16(17)19(2,3)4/h6-9,15H,10-13H2,1-5H3. The van der Waals surface area contributed by atoms with Crippen LogP contribution in [0.15, 0.2) is 24.3 Å². The average Bonchev–Trinajstić information content (AvgIpc) is 2.52. The second kappa shape index (κ2) is 6.73. The van der Waals surface area contributed by atoms with Gasteiger partial charge in [-0.15, -0.1) is 0 Å². The van der Waals surface area contributed by atoms with E-state index in [4.69, 9.17) is 0 Å². The third-order valence-electron chi connectivity index (χ3n) is 4.69. The Labute approximate surface area is 139 Å². The summed E-state index contributed by atoms with van der Waals surface area (Å²) < 4.78 is 0. The molecule has 2 rings (SSSR count). The fourth-order valence-electron chi connectivity index (χ4n) is 3.23. The van der Waals surface area contributed by atoms with Crippen LogP contribution in [0, 0.1) is 5.92 Å². The summed E-state index contributed by atoms with van der Waals surface area (Å²) in [6, 6.07) is 8.11. The first-order valence-electron chi connectivity index (χ1n) is 8.34. The molecule has 0 aliphatic carbocycles. The number of carbonyl (C=O) groups is 2. The summed E-state index contributed by atoms with van der Waals surface area (Å²) in [5, 5.41) is 0. The number of likely N-dealkylation sites (tertiary alicyclic amines) is 1. The lowest BCUT2D eigenvalue weighted by molar-refractivity contribution is -0.133. The molecule has 1 saturated heterocycles. The van der Waals surface area contributed by atoms with Gasteiger partial charge in [0.2, 0.25) is 11.8 Å². The molecule has 1 aromatic carbocycles. The fraction of sp³-hybridized carbons (Fsp3) is 0.579. The Balaban J connectivity index is 2.14. The Morgan fingerprint density at radius 2 is 1.70 bits per heavy atom. The van der Waals surface area contributed by atoms with Crippen LogP contribution in [0.3, 0.4) is 0 Å². The van der Waals surface area contributed by atoms with Gasteiger partial charge in [-0.05, 0) is 29.9 Å². The molecule has 4 nitrogen and oxygen atoms in total. The largest absolute Gasteiger partial charge is 0.343 e. The lowest BCUT2D eigenvalue weighted by Gasteiger charge is -2.34. The first-order valence-corrected chi connectivity index (χ1v) is 8.34. The number of benzene rings is 1. The molecule has 0 bridgehead atoms. The molecular weight excluding hydrogens is 288 g/mol. The quantitative estimate of drug-likeness (QED) is 0.840. The molecule has 1 aromatic rings. The minimum atomic E-state index is -0.0108. The first-order chi connectivity index (χ1) is 10.7. The predicted octanol–water partition coefficient (Wildman–Crippen LogP) is 3.21. The Morgan fingerprint density at radius 3 is 2.22 bits per heavy atom.